The highest BCUT2D eigenvalue weighted by molar-refractivity contribution is 5.70. The number of ether oxygens (including phenoxy) is 3. The molecule has 0 aliphatic carbocycles. The number of para-hydroxylation sites is 1. The van der Waals surface area contributed by atoms with E-state index in [1.54, 1.807) is 14.2 Å². The van der Waals surface area contributed by atoms with E-state index < -0.39 is 0 Å². The average Bonchev–Trinajstić information content (AvgIpc) is 2.50. The van der Waals surface area contributed by atoms with Gasteiger partial charge in [0.25, 0.3) is 0 Å². The smallest absolute Gasteiger partial charge is 0.307 e. The first-order valence-electron chi connectivity index (χ1n) is 6.69. The Hall–Kier alpha value is -1.75. The largest absolute Gasteiger partial charge is 0.493 e. The van der Waals surface area contributed by atoms with Crippen molar-refractivity contribution in [2.45, 2.75) is 25.8 Å². The summed E-state index contributed by atoms with van der Waals surface area (Å²) in [4.78, 5) is 11.6. The molecule has 0 heterocycles. The Morgan fingerprint density at radius 3 is 2.55 bits per heavy atom. The first kappa shape index (κ1) is 16.3. The molecule has 20 heavy (non-hydrogen) atoms. The molecule has 0 fully saturated rings. The van der Waals surface area contributed by atoms with Gasteiger partial charge < -0.3 is 19.5 Å². The van der Waals surface area contributed by atoms with E-state index in [1.807, 2.05) is 18.2 Å². The highest BCUT2D eigenvalue weighted by Crippen LogP contribution is 2.35. The monoisotopic (exact) mass is 281 g/mol. The van der Waals surface area contributed by atoms with E-state index in [9.17, 15) is 4.79 Å². The Morgan fingerprint density at radius 1 is 1.25 bits per heavy atom. The fourth-order valence-electron chi connectivity index (χ4n) is 2.05. The van der Waals surface area contributed by atoms with Crippen molar-refractivity contribution < 1.29 is 19.0 Å². The lowest BCUT2D eigenvalue weighted by atomic mass is 10.0. The maximum Gasteiger partial charge on any atom is 0.307 e. The Bertz CT molecular complexity index is 434. The van der Waals surface area contributed by atoms with Crippen LogP contribution in [-0.2, 0) is 9.53 Å². The first-order chi connectivity index (χ1) is 9.67. The van der Waals surface area contributed by atoms with E-state index in [4.69, 9.17) is 14.2 Å². The van der Waals surface area contributed by atoms with E-state index >= 15 is 0 Å². The van der Waals surface area contributed by atoms with E-state index in [0.717, 1.165) is 18.5 Å². The first-order valence-corrected chi connectivity index (χ1v) is 6.69. The van der Waals surface area contributed by atoms with E-state index in [2.05, 4.69) is 12.2 Å². The van der Waals surface area contributed by atoms with Gasteiger partial charge in [0.15, 0.2) is 11.5 Å². The van der Waals surface area contributed by atoms with Crippen LogP contribution in [0.1, 0.15) is 31.4 Å². The molecule has 0 spiro atoms. The zero-order valence-electron chi connectivity index (χ0n) is 12.6. The van der Waals surface area contributed by atoms with Gasteiger partial charge in [0, 0.05) is 11.6 Å². The SMILES string of the molecule is CCCNC(CC(=O)OC)c1cccc(OC)c1OC. The molecule has 0 aliphatic rings. The molecule has 0 saturated heterocycles. The van der Waals surface area contributed by atoms with Gasteiger partial charge >= 0.3 is 5.97 Å². The summed E-state index contributed by atoms with van der Waals surface area (Å²) in [5, 5.41) is 3.34. The van der Waals surface area contributed by atoms with E-state index in [1.165, 1.54) is 7.11 Å². The molecule has 0 radical (unpaired) electrons. The van der Waals surface area contributed by atoms with Crippen LogP contribution in [0.2, 0.25) is 0 Å². The van der Waals surface area contributed by atoms with Crippen LogP contribution in [0.25, 0.3) is 0 Å². The van der Waals surface area contributed by atoms with E-state index in [0.29, 0.717) is 11.5 Å². The standard InChI is InChI=1S/C15H23NO4/c1-5-9-16-12(10-14(17)19-3)11-7-6-8-13(18-2)15(11)20-4/h6-8,12,16H,5,9-10H2,1-4H3. The Morgan fingerprint density at radius 2 is 2.00 bits per heavy atom. The van der Waals surface area contributed by atoms with Gasteiger partial charge in [-0.2, -0.15) is 0 Å². The van der Waals surface area contributed by atoms with Gasteiger partial charge in [0.1, 0.15) is 0 Å². The second-order valence-electron chi connectivity index (χ2n) is 4.37. The zero-order valence-corrected chi connectivity index (χ0v) is 12.6. The number of carbonyl (C=O) groups is 1. The maximum absolute atomic E-state index is 11.6. The molecule has 0 bridgehead atoms. The molecule has 0 amide bonds. The minimum atomic E-state index is -0.261. The highest BCUT2D eigenvalue weighted by atomic mass is 16.5. The van der Waals surface area contributed by atoms with Crippen LogP contribution in [0.3, 0.4) is 0 Å². The van der Waals surface area contributed by atoms with Crippen molar-refractivity contribution in [3.8, 4) is 11.5 Å². The van der Waals surface area contributed by atoms with Crippen LogP contribution < -0.4 is 14.8 Å². The molecule has 1 atom stereocenters. The number of methoxy groups -OCH3 is 3. The van der Waals surface area contributed by atoms with Crippen molar-refractivity contribution in [3.05, 3.63) is 23.8 Å². The number of hydrogen-bond donors (Lipinski definition) is 1. The van der Waals surface area contributed by atoms with Crippen LogP contribution in [0.15, 0.2) is 18.2 Å². The van der Waals surface area contributed by atoms with Crippen molar-refractivity contribution in [1.82, 2.24) is 5.32 Å². The Kier molecular flexibility index (Phi) is 6.87. The van der Waals surface area contributed by atoms with E-state index in [-0.39, 0.29) is 18.4 Å². The minimum Gasteiger partial charge on any atom is -0.493 e. The summed E-state index contributed by atoms with van der Waals surface area (Å²) in [5.74, 6) is 1.04. The fourth-order valence-corrected chi connectivity index (χ4v) is 2.05. The molecule has 1 rings (SSSR count). The molecule has 5 heteroatoms. The number of carbonyl (C=O) groups excluding carboxylic acids is 1. The maximum atomic E-state index is 11.6. The summed E-state index contributed by atoms with van der Waals surface area (Å²) >= 11 is 0. The summed E-state index contributed by atoms with van der Waals surface area (Å²) in [6.07, 6.45) is 1.23. The third-order valence-electron chi connectivity index (χ3n) is 3.05. The molecule has 1 unspecified atom stereocenters. The van der Waals surface area contributed by atoms with Crippen LogP contribution in [0, 0.1) is 0 Å². The van der Waals surface area contributed by atoms with Crippen LogP contribution in [0.5, 0.6) is 11.5 Å². The van der Waals surface area contributed by atoms with Crippen molar-refractivity contribution in [2.75, 3.05) is 27.9 Å². The highest BCUT2D eigenvalue weighted by Gasteiger charge is 2.21. The summed E-state index contributed by atoms with van der Waals surface area (Å²) in [6, 6.07) is 5.48. The van der Waals surface area contributed by atoms with Crippen molar-refractivity contribution in [3.63, 3.8) is 0 Å². The summed E-state index contributed by atoms with van der Waals surface area (Å²) in [5.41, 5.74) is 0.894. The Labute approximate surface area is 120 Å². The number of benzene rings is 1. The van der Waals surface area contributed by atoms with Gasteiger partial charge in [-0.1, -0.05) is 19.1 Å². The third-order valence-corrected chi connectivity index (χ3v) is 3.05. The second kappa shape index (κ2) is 8.43. The molecular weight excluding hydrogens is 258 g/mol. The lowest BCUT2D eigenvalue weighted by molar-refractivity contribution is -0.141. The molecule has 0 aromatic heterocycles. The van der Waals surface area contributed by atoms with Crippen LogP contribution in [-0.4, -0.2) is 33.8 Å². The van der Waals surface area contributed by atoms with Crippen LogP contribution in [0.4, 0.5) is 0 Å². The lowest BCUT2D eigenvalue weighted by Crippen LogP contribution is -2.25. The number of esters is 1. The zero-order chi connectivity index (χ0) is 15.0. The predicted molar refractivity (Wildman–Crippen MR) is 77.2 cm³/mol. The fraction of sp³-hybridized carbons (Fsp3) is 0.533. The van der Waals surface area contributed by atoms with Crippen molar-refractivity contribution in [2.24, 2.45) is 0 Å². The molecular formula is C15H23NO4. The molecule has 0 saturated carbocycles. The average molecular weight is 281 g/mol. The topological polar surface area (TPSA) is 56.8 Å². The molecule has 1 N–H and O–H groups in total. The van der Waals surface area contributed by atoms with Gasteiger partial charge in [-0.3, -0.25) is 4.79 Å². The summed E-state index contributed by atoms with van der Waals surface area (Å²) in [7, 11) is 4.58. The quantitative estimate of drug-likeness (QED) is 0.741. The van der Waals surface area contributed by atoms with Gasteiger partial charge in [0.2, 0.25) is 0 Å². The Balaban J connectivity index is 3.08. The molecule has 1 aromatic rings. The van der Waals surface area contributed by atoms with Gasteiger partial charge in [-0.15, -0.1) is 0 Å². The summed E-state index contributed by atoms with van der Waals surface area (Å²) < 4.78 is 15.5. The van der Waals surface area contributed by atoms with Crippen molar-refractivity contribution in [1.29, 1.82) is 0 Å². The second-order valence-corrected chi connectivity index (χ2v) is 4.37. The van der Waals surface area contributed by atoms with Crippen LogP contribution >= 0.6 is 0 Å². The molecule has 0 aliphatic heterocycles. The molecule has 5 nitrogen and oxygen atoms in total. The van der Waals surface area contributed by atoms with Gasteiger partial charge in [0.05, 0.1) is 27.8 Å². The van der Waals surface area contributed by atoms with Gasteiger partial charge in [-0.25, -0.2) is 0 Å². The normalized spacial score (nSPS) is 11.8. The number of nitrogens with one attached hydrogen (secondary N) is 1. The lowest BCUT2D eigenvalue weighted by Gasteiger charge is -2.21. The van der Waals surface area contributed by atoms with Crippen molar-refractivity contribution >= 4 is 5.97 Å². The molecule has 112 valence electrons. The molecule has 1 aromatic carbocycles. The summed E-state index contributed by atoms with van der Waals surface area (Å²) in [6.45, 7) is 2.88. The number of hydrogen-bond acceptors (Lipinski definition) is 5. The minimum absolute atomic E-state index is 0.160. The van der Waals surface area contributed by atoms with Gasteiger partial charge in [-0.05, 0) is 19.0 Å². The number of rotatable bonds is 8. The predicted octanol–water partition coefficient (Wildman–Crippen LogP) is 2.31. The third kappa shape index (κ3) is 4.13.